The number of hydrogen-bond acceptors (Lipinski definition) is 5. The predicted molar refractivity (Wildman–Crippen MR) is 88.9 cm³/mol. The monoisotopic (exact) mass is 334 g/mol. The third-order valence-corrected chi connectivity index (χ3v) is 5.49. The molecule has 7 heteroatoms. The van der Waals surface area contributed by atoms with Crippen molar-refractivity contribution in [2.75, 3.05) is 0 Å². The Morgan fingerprint density at radius 2 is 1.58 bits per heavy atom. The zero-order valence-electron chi connectivity index (χ0n) is 14.0. The van der Waals surface area contributed by atoms with E-state index in [-0.39, 0.29) is 17.8 Å². The van der Waals surface area contributed by atoms with Gasteiger partial charge in [-0.2, -0.15) is 5.10 Å². The Balaban J connectivity index is 1.74. The van der Waals surface area contributed by atoms with Crippen molar-refractivity contribution in [3.63, 3.8) is 0 Å². The second kappa shape index (κ2) is 7.32. The fourth-order valence-corrected chi connectivity index (χ4v) is 4.19. The summed E-state index contributed by atoms with van der Waals surface area (Å²) in [5.74, 6) is 2.80. The second-order valence-electron chi connectivity index (χ2n) is 7.10. The lowest BCUT2D eigenvalue weighted by Crippen LogP contribution is -2.45. The number of hydrogen-bond donors (Lipinski definition) is 2. The lowest BCUT2D eigenvalue weighted by atomic mass is 9.94. The molecule has 24 heavy (non-hydrogen) atoms. The zero-order chi connectivity index (χ0) is 17.1. The molecule has 1 heterocycles. The Morgan fingerprint density at radius 3 is 2.17 bits per heavy atom. The van der Waals surface area contributed by atoms with E-state index < -0.39 is 23.6 Å². The molecule has 3 fully saturated rings. The largest absolute Gasteiger partial charge is 0.352 e. The molecule has 1 aliphatic heterocycles. The number of imide groups is 1. The first kappa shape index (κ1) is 16.9. The minimum atomic E-state index is -1.17. The standard InChI is InChI=1S/C17H26N4O3/c18-20-14-13(15(22)19-11-7-3-1-4-8-11)16(23)21(17(14)24)12-9-5-2-6-10-12/h11-13H,1-10,18H2,(H,19,22)/b20-14+/t13-/m0/s1. The van der Waals surface area contributed by atoms with Crippen LogP contribution in [0, 0.1) is 5.92 Å². The highest BCUT2D eigenvalue weighted by atomic mass is 16.2. The lowest BCUT2D eigenvalue weighted by Gasteiger charge is -2.29. The van der Waals surface area contributed by atoms with Gasteiger partial charge >= 0.3 is 0 Å². The van der Waals surface area contributed by atoms with Crippen LogP contribution in [0.3, 0.4) is 0 Å². The summed E-state index contributed by atoms with van der Waals surface area (Å²) in [6.07, 6.45) is 9.88. The highest BCUT2D eigenvalue weighted by Crippen LogP contribution is 2.29. The van der Waals surface area contributed by atoms with Crippen molar-refractivity contribution < 1.29 is 14.4 Å². The van der Waals surface area contributed by atoms with Gasteiger partial charge in [-0.3, -0.25) is 19.3 Å². The van der Waals surface area contributed by atoms with Crippen LogP contribution in [0.5, 0.6) is 0 Å². The summed E-state index contributed by atoms with van der Waals surface area (Å²) in [6.45, 7) is 0. The highest BCUT2D eigenvalue weighted by molar-refractivity contribution is 6.54. The Hall–Kier alpha value is -1.92. The van der Waals surface area contributed by atoms with Crippen LogP contribution in [0.25, 0.3) is 0 Å². The third-order valence-electron chi connectivity index (χ3n) is 5.49. The van der Waals surface area contributed by atoms with E-state index in [4.69, 9.17) is 5.84 Å². The highest BCUT2D eigenvalue weighted by Gasteiger charge is 2.51. The van der Waals surface area contributed by atoms with Crippen LogP contribution in [0.2, 0.25) is 0 Å². The maximum atomic E-state index is 12.8. The van der Waals surface area contributed by atoms with E-state index in [1.54, 1.807) is 0 Å². The molecule has 0 aromatic carbocycles. The van der Waals surface area contributed by atoms with E-state index in [0.717, 1.165) is 57.8 Å². The quantitative estimate of drug-likeness (QED) is 0.348. The number of rotatable bonds is 3. The summed E-state index contributed by atoms with van der Waals surface area (Å²) >= 11 is 0. The van der Waals surface area contributed by atoms with Crippen LogP contribution in [0.4, 0.5) is 0 Å². The van der Waals surface area contributed by atoms with E-state index >= 15 is 0 Å². The summed E-state index contributed by atoms with van der Waals surface area (Å²) in [4.78, 5) is 39.2. The predicted octanol–water partition coefficient (Wildman–Crippen LogP) is 1.07. The first-order valence-corrected chi connectivity index (χ1v) is 9.09. The summed E-state index contributed by atoms with van der Waals surface area (Å²) < 4.78 is 0. The molecular formula is C17H26N4O3. The van der Waals surface area contributed by atoms with Crippen molar-refractivity contribution in [3.05, 3.63) is 0 Å². The zero-order valence-corrected chi connectivity index (χ0v) is 14.0. The molecule has 3 aliphatic rings. The Morgan fingerprint density at radius 1 is 1.00 bits per heavy atom. The van der Waals surface area contributed by atoms with Gasteiger partial charge in [0, 0.05) is 12.1 Å². The first-order valence-electron chi connectivity index (χ1n) is 9.09. The molecule has 1 atom stereocenters. The van der Waals surface area contributed by atoms with E-state index in [2.05, 4.69) is 10.4 Å². The molecule has 1 saturated heterocycles. The maximum Gasteiger partial charge on any atom is 0.278 e. The summed E-state index contributed by atoms with van der Waals surface area (Å²) in [5.41, 5.74) is -0.112. The fourth-order valence-electron chi connectivity index (χ4n) is 4.19. The Kier molecular flexibility index (Phi) is 5.16. The molecule has 0 spiro atoms. The molecule has 0 unspecified atom stereocenters. The van der Waals surface area contributed by atoms with Gasteiger partial charge in [-0.15, -0.1) is 0 Å². The van der Waals surface area contributed by atoms with Crippen molar-refractivity contribution in [2.24, 2.45) is 16.9 Å². The van der Waals surface area contributed by atoms with Crippen LogP contribution in [-0.2, 0) is 14.4 Å². The van der Waals surface area contributed by atoms with Crippen LogP contribution in [0.1, 0.15) is 64.2 Å². The number of amides is 3. The number of carbonyl (C=O) groups excluding carboxylic acids is 3. The number of nitrogens with zero attached hydrogens (tertiary/aromatic N) is 2. The first-order chi connectivity index (χ1) is 11.6. The van der Waals surface area contributed by atoms with Crippen molar-refractivity contribution in [3.8, 4) is 0 Å². The number of nitrogens with one attached hydrogen (secondary N) is 1. The maximum absolute atomic E-state index is 12.8. The average Bonchev–Trinajstić information content (AvgIpc) is 2.86. The summed E-state index contributed by atoms with van der Waals surface area (Å²) in [7, 11) is 0. The topological polar surface area (TPSA) is 105 Å². The van der Waals surface area contributed by atoms with Gasteiger partial charge < -0.3 is 11.2 Å². The smallest absolute Gasteiger partial charge is 0.278 e. The van der Waals surface area contributed by atoms with Gasteiger partial charge in [-0.05, 0) is 25.7 Å². The number of nitrogens with two attached hydrogens (primary N) is 1. The average molecular weight is 334 g/mol. The van der Waals surface area contributed by atoms with Crippen LogP contribution >= 0.6 is 0 Å². The summed E-state index contributed by atoms with van der Waals surface area (Å²) in [5, 5.41) is 6.43. The van der Waals surface area contributed by atoms with Gasteiger partial charge in [0.15, 0.2) is 5.92 Å². The van der Waals surface area contributed by atoms with Crippen LogP contribution in [0.15, 0.2) is 5.10 Å². The van der Waals surface area contributed by atoms with Crippen LogP contribution in [-0.4, -0.2) is 40.4 Å². The molecule has 132 valence electrons. The molecule has 2 aliphatic carbocycles. The number of hydrazone groups is 1. The minimum absolute atomic E-state index is 0.0805. The van der Waals surface area contributed by atoms with Crippen molar-refractivity contribution in [1.29, 1.82) is 0 Å². The molecule has 0 aromatic rings. The molecule has 3 amide bonds. The van der Waals surface area contributed by atoms with Gasteiger partial charge in [-0.1, -0.05) is 38.5 Å². The molecular weight excluding hydrogens is 308 g/mol. The van der Waals surface area contributed by atoms with Gasteiger partial charge in [-0.25, -0.2) is 0 Å². The lowest BCUT2D eigenvalue weighted by molar-refractivity contribution is -0.144. The minimum Gasteiger partial charge on any atom is -0.352 e. The third kappa shape index (κ3) is 3.16. The van der Waals surface area contributed by atoms with Gasteiger partial charge in [0.2, 0.25) is 11.8 Å². The molecule has 7 nitrogen and oxygen atoms in total. The molecule has 2 saturated carbocycles. The molecule has 0 radical (unpaired) electrons. The summed E-state index contributed by atoms with van der Waals surface area (Å²) in [6, 6.07) is -0.0418. The van der Waals surface area contributed by atoms with Crippen molar-refractivity contribution in [2.45, 2.75) is 76.3 Å². The molecule has 0 bridgehead atoms. The fraction of sp³-hybridized carbons (Fsp3) is 0.765. The van der Waals surface area contributed by atoms with E-state index in [0.29, 0.717) is 0 Å². The Labute approximate surface area is 142 Å². The van der Waals surface area contributed by atoms with Crippen LogP contribution < -0.4 is 11.2 Å². The molecule has 3 N–H and O–H groups in total. The molecule has 3 rings (SSSR count). The Bertz CT molecular complexity index is 548. The second-order valence-corrected chi connectivity index (χ2v) is 7.10. The van der Waals surface area contributed by atoms with Gasteiger partial charge in [0.1, 0.15) is 5.71 Å². The van der Waals surface area contributed by atoms with E-state index in [1.165, 1.54) is 11.3 Å². The van der Waals surface area contributed by atoms with Gasteiger partial charge in [0.25, 0.3) is 5.91 Å². The SMILES string of the molecule is N/N=C1/C(=O)N(C2CCCCC2)C(=O)[C@@H]1C(=O)NC1CCCCC1. The van der Waals surface area contributed by atoms with Gasteiger partial charge in [0.05, 0.1) is 0 Å². The normalized spacial score (nSPS) is 28.6. The van der Waals surface area contributed by atoms with E-state index in [9.17, 15) is 14.4 Å². The number of likely N-dealkylation sites (tertiary alicyclic amines) is 1. The molecule has 0 aromatic heterocycles. The van der Waals surface area contributed by atoms with Crippen molar-refractivity contribution in [1.82, 2.24) is 10.2 Å². The van der Waals surface area contributed by atoms with E-state index in [1.807, 2.05) is 0 Å². The number of carbonyl (C=O) groups is 3. The van der Waals surface area contributed by atoms with Crippen molar-refractivity contribution >= 4 is 23.4 Å².